The van der Waals surface area contributed by atoms with Crippen LogP contribution in [-0.2, 0) is 21.4 Å². The second-order valence-electron chi connectivity index (χ2n) is 6.40. The molecular weight excluding hydrogens is 395 g/mol. The Kier molecular flexibility index (Phi) is 6.04. The van der Waals surface area contributed by atoms with E-state index in [2.05, 4.69) is 0 Å². The lowest BCUT2D eigenvalue weighted by Gasteiger charge is -2.26. The molecule has 1 aliphatic rings. The van der Waals surface area contributed by atoms with Crippen LogP contribution < -0.4 is 0 Å². The van der Waals surface area contributed by atoms with Crippen molar-refractivity contribution in [2.45, 2.75) is 30.8 Å². The maximum Gasteiger partial charge on any atom is 0.338 e. The summed E-state index contributed by atoms with van der Waals surface area (Å²) in [4.78, 5) is 11.6. The minimum Gasteiger partial charge on any atom is -0.457 e. The SMILES string of the molecule is O=C(OCc1cccc(F)c1F)c1ccc(F)c(S(=O)(=O)N2CCCCC2)c1. The average Bonchev–Trinajstić information content (AvgIpc) is 2.69. The first kappa shape index (κ1) is 20.3. The molecule has 0 unspecified atom stereocenters. The smallest absolute Gasteiger partial charge is 0.338 e. The van der Waals surface area contributed by atoms with Crippen molar-refractivity contribution in [2.75, 3.05) is 13.1 Å². The number of rotatable bonds is 5. The fraction of sp³-hybridized carbons (Fsp3) is 0.316. The number of carbonyl (C=O) groups is 1. The Morgan fingerprint density at radius 1 is 1.00 bits per heavy atom. The van der Waals surface area contributed by atoms with Gasteiger partial charge in [-0.05, 0) is 37.1 Å². The molecule has 0 bridgehead atoms. The first-order chi connectivity index (χ1) is 13.3. The van der Waals surface area contributed by atoms with Crippen molar-refractivity contribution in [3.63, 3.8) is 0 Å². The van der Waals surface area contributed by atoms with Crippen LogP contribution >= 0.6 is 0 Å². The van der Waals surface area contributed by atoms with E-state index in [1.54, 1.807) is 0 Å². The zero-order chi connectivity index (χ0) is 20.3. The topological polar surface area (TPSA) is 63.7 Å². The highest BCUT2D eigenvalue weighted by molar-refractivity contribution is 7.89. The average molecular weight is 413 g/mol. The van der Waals surface area contributed by atoms with Crippen molar-refractivity contribution < 1.29 is 31.1 Å². The molecule has 0 aliphatic carbocycles. The zero-order valence-electron chi connectivity index (χ0n) is 14.8. The quantitative estimate of drug-likeness (QED) is 0.703. The Labute approximate surface area is 160 Å². The number of halogens is 3. The summed E-state index contributed by atoms with van der Waals surface area (Å²) in [6.07, 6.45) is 2.26. The Hall–Kier alpha value is -2.39. The fourth-order valence-corrected chi connectivity index (χ4v) is 4.57. The second-order valence-corrected chi connectivity index (χ2v) is 8.31. The highest BCUT2D eigenvalue weighted by Crippen LogP contribution is 2.24. The van der Waals surface area contributed by atoms with Crippen LogP contribution in [0.25, 0.3) is 0 Å². The van der Waals surface area contributed by atoms with E-state index >= 15 is 0 Å². The summed E-state index contributed by atoms with van der Waals surface area (Å²) in [5, 5.41) is 0. The molecule has 150 valence electrons. The van der Waals surface area contributed by atoms with Crippen molar-refractivity contribution >= 4 is 16.0 Å². The number of nitrogens with zero attached hydrogens (tertiary/aromatic N) is 1. The molecule has 0 N–H and O–H groups in total. The lowest BCUT2D eigenvalue weighted by Crippen LogP contribution is -2.36. The molecule has 0 saturated carbocycles. The van der Waals surface area contributed by atoms with Crippen molar-refractivity contribution in [2.24, 2.45) is 0 Å². The summed E-state index contributed by atoms with van der Waals surface area (Å²) in [7, 11) is -4.09. The van der Waals surface area contributed by atoms with Gasteiger partial charge in [-0.2, -0.15) is 4.31 Å². The maximum absolute atomic E-state index is 14.2. The molecule has 3 rings (SSSR count). The number of carbonyl (C=O) groups excluding carboxylic acids is 1. The monoisotopic (exact) mass is 413 g/mol. The summed E-state index contributed by atoms with van der Waals surface area (Å²) in [6.45, 7) is 0.0264. The molecule has 2 aromatic rings. The largest absolute Gasteiger partial charge is 0.457 e. The standard InChI is InChI=1S/C19H18F3NO4S/c20-15-8-7-13(11-17(15)28(25,26)23-9-2-1-3-10-23)19(24)27-12-14-5-4-6-16(21)18(14)22/h4-8,11H,1-3,9-10,12H2. The first-order valence-corrected chi connectivity index (χ1v) is 10.1. The van der Waals surface area contributed by atoms with Crippen molar-refractivity contribution in [1.29, 1.82) is 0 Å². The molecule has 1 fully saturated rings. The van der Waals surface area contributed by atoms with Crippen LogP contribution in [0.2, 0.25) is 0 Å². The third kappa shape index (κ3) is 4.20. The van der Waals surface area contributed by atoms with Crippen LogP contribution in [0, 0.1) is 17.5 Å². The normalized spacial score (nSPS) is 15.4. The molecular formula is C19H18F3NO4S. The third-order valence-corrected chi connectivity index (χ3v) is 6.40. The summed E-state index contributed by atoms with van der Waals surface area (Å²) >= 11 is 0. The zero-order valence-corrected chi connectivity index (χ0v) is 15.6. The van der Waals surface area contributed by atoms with Gasteiger partial charge >= 0.3 is 5.97 Å². The third-order valence-electron chi connectivity index (χ3n) is 4.49. The lowest BCUT2D eigenvalue weighted by atomic mass is 10.2. The minimum absolute atomic E-state index is 0.170. The van der Waals surface area contributed by atoms with Crippen molar-refractivity contribution in [1.82, 2.24) is 4.31 Å². The van der Waals surface area contributed by atoms with Gasteiger partial charge in [-0.3, -0.25) is 0 Å². The highest BCUT2D eigenvalue weighted by Gasteiger charge is 2.29. The van der Waals surface area contributed by atoms with Gasteiger partial charge in [0.25, 0.3) is 0 Å². The van der Waals surface area contributed by atoms with Gasteiger partial charge in [-0.25, -0.2) is 26.4 Å². The van der Waals surface area contributed by atoms with Gasteiger partial charge in [0.15, 0.2) is 11.6 Å². The Morgan fingerprint density at radius 3 is 2.43 bits per heavy atom. The Bertz CT molecular complexity index is 989. The summed E-state index contributed by atoms with van der Waals surface area (Å²) < 4.78 is 72.5. The van der Waals surface area contributed by atoms with Gasteiger partial charge in [-0.15, -0.1) is 0 Å². The lowest BCUT2D eigenvalue weighted by molar-refractivity contribution is 0.0467. The van der Waals surface area contributed by atoms with Gasteiger partial charge in [0.1, 0.15) is 17.3 Å². The van der Waals surface area contributed by atoms with E-state index in [-0.39, 0.29) is 24.2 Å². The van der Waals surface area contributed by atoms with Gasteiger partial charge in [0.05, 0.1) is 5.56 Å². The number of hydrogen-bond acceptors (Lipinski definition) is 4. The molecule has 1 saturated heterocycles. The van der Waals surface area contributed by atoms with Crippen LogP contribution in [-0.4, -0.2) is 31.8 Å². The first-order valence-electron chi connectivity index (χ1n) is 8.70. The second kappa shape index (κ2) is 8.32. The number of benzene rings is 2. The summed E-state index contributed by atoms with van der Waals surface area (Å²) in [5.74, 6) is -4.16. The molecule has 0 atom stereocenters. The molecule has 0 spiro atoms. The molecule has 0 aromatic heterocycles. The molecule has 0 radical (unpaired) electrons. The van der Waals surface area contributed by atoms with Gasteiger partial charge in [-0.1, -0.05) is 18.6 Å². The van der Waals surface area contributed by atoms with Crippen molar-refractivity contribution in [3.8, 4) is 0 Å². The summed E-state index contributed by atoms with van der Waals surface area (Å²) in [6, 6.07) is 6.30. The van der Waals surface area contributed by atoms with Crippen LogP contribution in [0.3, 0.4) is 0 Å². The van der Waals surface area contributed by atoms with E-state index in [9.17, 15) is 26.4 Å². The molecule has 2 aromatic carbocycles. The molecule has 5 nitrogen and oxygen atoms in total. The van der Waals surface area contributed by atoms with Crippen LogP contribution in [0.4, 0.5) is 13.2 Å². The molecule has 28 heavy (non-hydrogen) atoms. The van der Waals surface area contributed by atoms with E-state index in [0.717, 1.165) is 30.7 Å². The predicted molar refractivity (Wildman–Crippen MR) is 94.5 cm³/mol. The molecule has 9 heteroatoms. The predicted octanol–water partition coefficient (Wildman–Crippen LogP) is 3.64. The van der Waals surface area contributed by atoms with Crippen LogP contribution in [0.15, 0.2) is 41.3 Å². The van der Waals surface area contributed by atoms with E-state index < -0.39 is 44.9 Å². The van der Waals surface area contributed by atoms with E-state index in [1.807, 2.05) is 0 Å². The maximum atomic E-state index is 14.2. The van der Waals surface area contributed by atoms with E-state index in [0.29, 0.717) is 12.8 Å². The number of piperidine rings is 1. The number of ether oxygens (including phenoxy) is 1. The summed E-state index contributed by atoms with van der Waals surface area (Å²) in [5.41, 5.74) is -0.370. The Morgan fingerprint density at radius 2 is 1.71 bits per heavy atom. The number of esters is 1. The van der Waals surface area contributed by atoms with Crippen LogP contribution in [0.5, 0.6) is 0 Å². The molecule has 1 aliphatic heterocycles. The van der Waals surface area contributed by atoms with Gasteiger partial charge < -0.3 is 4.74 Å². The minimum atomic E-state index is -4.09. The van der Waals surface area contributed by atoms with E-state index in [1.165, 1.54) is 16.4 Å². The van der Waals surface area contributed by atoms with Crippen molar-refractivity contribution in [3.05, 3.63) is 65.0 Å². The fourth-order valence-electron chi connectivity index (χ4n) is 2.96. The molecule has 1 heterocycles. The van der Waals surface area contributed by atoms with Crippen LogP contribution in [0.1, 0.15) is 35.2 Å². The Balaban J connectivity index is 1.80. The van der Waals surface area contributed by atoms with E-state index in [4.69, 9.17) is 4.74 Å². The number of sulfonamides is 1. The molecule has 0 amide bonds. The van der Waals surface area contributed by atoms with Gasteiger partial charge in [0.2, 0.25) is 10.0 Å². The number of hydrogen-bond donors (Lipinski definition) is 0. The highest BCUT2D eigenvalue weighted by atomic mass is 32.2. The van der Waals surface area contributed by atoms with Gasteiger partial charge in [0, 0.05) is 18.7 Å².